The first-order chi connectivity index (χ1) is 10.1. The summed E-state index contributed by atoms with van der Waals surface area (Å²) in [4.78, 5) is 30.3. The van der Waals surface area contributed by atoms with Crippen molar-refractivity contribution in [2.24, 2.45) is 0 Å². The van der Waals surface area contributed by atoms with E-state index in [1.54, 1.807) is 0 Å². The standard InChI is InChI=1S/C10H10FN4O5P/c11-6-1-5(2-19-21(17)18)20-10(6)15-4-14-7-8(15)12-3-13-9(7)16/h3-6,10H,1-2H2,(H-,12,13,16,17,18)/p+1/t5-,6+,10+/m0/s1. The number of halogens is 1. The van der Waals surface area contributed by atoms with Gasteiger partial charge in [0, 0.05) is 11.0 Å². The van der Waals surface area contributed by atoms with E-state index in [-0.39, 0.29) is 24.2 Å². The second kappa shape index (κ2) is 5.57. The van der Waals surface area contributed by atoms with Crippen LogP contribution < -0.4 is 5.56 Å². The van der Waals surface area contributed by atoms with Crippen LogP contribution in [0.4, 0.5) is 4.39 Å². The van der Waals surface area contributed by atoms with Crippen molar-refractivity contribution in [1.82, 2.24) is 19.5 Å². The molecule has 0 aliphatic carbocycles. The van der Waals surface area contributed by atoms with E-state index < -0.39 is 32.3 Å². The van der Waals surface area contributed by atoms with E-state index in [9.17, 15) is 13.8 Å². The zero-order valence-electron chi connectivity index (χ0n) is 10.5. The minimum absolute atomic E-state index is 0.0106. The molecule has 0 aromatic carbocycles. The van der Waals surface area contributed by atoms with Gasteiger partial charge < -0.3 is 9.72 Å². The summed E-state index contributed by atoms with van der Waals surface area (Å²) >= 11 is 0. The number of ether oxygens (including phenoxy) is 1. The van der Waals surface area contributed by atoms with Crippen molar-refractivity contribution in [1.29, 1.82) is 0 Å². The number of fused-ring (bicyclic) bond motifs is 1. The third kappa shape index (κ3) is 2.70. The summed E-state index contributed by atoms with van der Waals surface area (Å²) in [5.41, 5.74) is -0.128. The average Bonchev–Trinajstić information content (AvgIpc) is 3.01. The molecule has 0 radical (unpaired) electrons. The van der Waals surface area contributed by atoms with Crippen molar-refractivity contribution in [2.45, 2.75) is 24.9 Å². The SMILES string of the molecule is O=c1[nH]cnc2c1ncn2[C@@H]1O[C@H](CO[P+](=O)O)C[C@H]1F. The first-order valence-electron chi connectivity index (χ1n) is 6.05. The Morgan fingerprint density at radius 1 is 1.62 bits per heavy atom. The second-order valence-corrected chi connectivity index (χ2v) is 5.22. The van der Waals surface area contributed by atoms with Crippen molar-refractivity contribution in [3.8, 4) is 0 Å². The normalized spacial score (nSPS) is 26.4. The highest BCUT2D eigenvalue weighted by atomic mass is 31.1. The molecule has 0 amide bonds. The minimum Gasteiger partial charge on any atom is -0.349 e. The molecule has 0 saturated carbocycles. The summed E-state index contributed by atoms with van der Waals surface area (Å²) in [7, 11) is -2.75. The lowest BCUT2D eigenvalue weighted by Crippen LogP contribution is -2.17. The van der Waals surface area contributed by atoms with E-state index in [1.165, 1.54) is 17.2 Å². The van der Waals surface area contributed by atoms with Gasteiger partial charge in [0.2, 0.25) is 0 Å². The number of hydrogen-bond donors (Lipinski definition) is 2. The van der Waals surface area contributed by atoms with Crippen molar-refractivity contribution in [2.75, 3.05) is 6.61 Å². The van der Waals surface area contributed by atoms with Crippen LogP contribution in [-0.2, 0) is 13.8 Å². The van der Waals surface area contributed by atoms with Crippen LogP contribution in [0.25, 0.3) is 11.2 Å². The van der Waals surface area contributed by atoms with Crippen LogP contribution in [0.1, 0.15) is 12.6 Å². The molecule has 1 aliphatic heterocycles. The number of hydrogen-bond acceptors (Lipinski definition) is 6. The number of imidazole rings is 1. The molecule has 1 unspecified atom stereocenters. The van der Waals surface area contributed by atoms with Crippen molar-refractivity contribution in [3.63, 3.8) is 0 Å². The summed E-state index contributed by atoms with van der Waals surface area (Å²) < 4.78 is 35.8. The lowest BCUT2D eigenvalue weighted by molar-refractivity contribution is -0.0315. The van der Waals surface area contributed by atoms with Gasteiger partial charge >= 0.3 is 8.25 Å². The summed E-state index contributed by atoms with van der Waals surface area (Å²) in [5.74, 6) is 0. The molecule has 1 aliphatic rings. The molecule has 1 saturated heterocycles. The Kier molecular flexibility index (Phi) is 3.77. The number of alkyl halides is 1. The maximum Gasteiger partial charge on any atom is 0.694 e. The molecule has 0 spiro atoms. The molecular formula is C10H11FN4O5P+. The van der Waals surface area contributed by atoms with Gasteiger partial charge in [0.05, 0.1) is 18.8 Å². The third-order valence-electron chi connectivity index (χ3n) is 3.14. The Bertz CT molecular complexity index is 734. The number of aromatic amines is 1. The molecule has 2 aromatic rings. The smallest absolute Gasteiger partial charge is 0.349 e. The van der Waals surface area contributed by atoms with Crippen LogP contribution in [0, 0.1) is 0 Å². The van der Waals surface area contributed by atoms with Gasteiger partial charge in [-0.2, -0.15) is 0 Å². The molecule has 3 rings (SSSR count). The molecule has 21 heavy (non-hydrogen) atoms. The summed E-state index contributed by atoms with van der Waals surface area (Å²) in [6.45, 7) is -0.191. The lowest BCUT2D eigenvalue weighted by atomic mass is 10.2. The van der Waals surface area contributed by atoms with Crippen LogP contribution >= 0.6 is 8.25 Å². The van der Waals surface area contributed by atoms with Crippen LogP contribution in [0.15, 0.2) is 17.4 Å². The van der Waals surface area contributed by atoms with Crippen LogP contribution in [0.3, 0.4) is 0 Å². The predicted octanol–water partition coefficient (Wildman–Crippen LogP) is 0.411. The van der Waals surface area contributed by atoms with Gasteiger partial charge in [-0.05, 0) is 0 Å². The summed E-state index contributed by atoms with van der Waals surface area (Å²) in [6, 6.07) is 0. The number of nitrogens with one attached hydrogen (secondary N) is 1. The maximum absolute atomic E-state index is 14.1. The molecule has 3 heterocycles. The molecule has 0 bridgehead atoms. The monoisotopic (exact) mass is 317 g/mol. The van der Waals surface area contributed by atoms with Gasteiger partial charge in [-0.3, -0.25) is 9.36 Å². The number of H-pyrrole nitrogens is 1. The van der Waals surface area contributed by atoms with Gasteiger partial charge in [0.15, 0.2) is 17.4 Å². The zero-order chi connectivity index (χ0) is 15.0. The number of rotatable bonds is 4. The van der Waals surface area contributed by atoms with Crippen LogP contribution in [0.5, 0.6) is 0 Å². The Hall–Kier alpha value is -1.74. The average molecular weight is 317 g/mol. The topological polar surface area (TPSA) is 119 Å². The van der Waals surface area contributed by atoms with Crippen molar-refractivity contribution >= 4 is 19.4 Å². The second-order valence-electron chi connectivity index (χ2n) is 4.49. The molecule has 2 aromatic heterocycles. The Morgan fingerprint density at radius 2 is 2.43 bits per heavy atom. The van der Waals surface area contributed by atoms with Gasteiger partial charge in [-0.15, -0.1) is 9.42 Å². The van der Waals surface area contributed by atoms with Crippen LogP contribution in [-0.4, -0.2) is 43.3 Å². The largest absolute Gasteiger partial charge is 0.694 e. The Labute approximate surface area is 117 Å². The first kappa shape index (κ1) is 14.2. The van der Waals surface area contributed by atoms with Gasteiger partial charge in [0.1, 0.15) is 12.8 Å². The summed E-state index contributed by atoms with van der Waals surface area (Å²) in [5, 5.41) is 0. The highest BCUT2D eigenvalue weighted by Crippen LogP contribution is 2.33. The van der Waals surface area contributed by atoms with E-state index in [1.807, 2.05) is 0 Å². The molecular weight excluding hydrogens is 306 g/mol. The summed E-state index contributed by atoms with van der Waals surface area (Å²) in [6.07, 6.45) is -0.544. The van der Waals surface area contributed by atoms with Crippen molar-refractivity contribution in [3.05, 3.63) is 23.0 Å². The third-order valence-corrected chi connectivity index (χ3v) is 3.51. The molecule has 11 heteroatoms. The molecule has 4 atom stereocenters. The Balaban J connectivity index is 1.84. The minimum atomic E-state index is -2.75. The van der Waals surface area contributed by atoms with E-state index in [0.29, 0.717) is 0 Å². The van der Waals surface area contributed by atoms with E-state index in [4.69, 9.17) is 9.63 Å². The Morgan fingerprint density at radius 3 is 3.19 bits per heavy atom. The van der Waals surface area contributed by atoms with E-state index in [2.05, 4.69) is 19.5 Å². The van der Waals surface area contributed by atoms with Gasteiger partial charge in [-0.25, -0.2) is 14.4 Å². The predicted molar refractivity (Wildman–Crippen MR) is 67.3 cm³/mol. The maximum atomic E-state index is 14.1. The molecule has 112 valence electrons. The van der Waals surface area contributed by atoms with Gasteiger partial charge in [0.25, 0.3) is 5.56 Å². The molecule has 1 fully saturated rings. The van der Waals surface area contributed by atoms with E-state index in [0.717, 1.165) is 0 Å². The molecule has 9 nitrogen and oxygen atoms in total. The highest BCUT2D eigenvalue weighted by molar-refractivity contribution is 7.32. The number of nitrogens with zero attached hydrogens (tertiary/aromatic N) is 3. The fourth-order valence-corrected chi connectivity index (χ4v) is 2.54. The fourth-order valence-electron chi connectivity index (χ4n) is 2.25. The zero-order valence-corrected chi connectivity index (χ0v) is 11.4. The van der Waals surface area contributed by atoms with Gasteiger partial charge in [-0.1, -0.05) is 0 Å². The first-order valence-corrected chi connectivity index (χ1v) is 7.18. The van der Waals surface area contributed by atoms with E-state index >= 15 is 0 Å². The molecule has 2 N–H and O–H groups in total. The quantitative estimate of drug-likeness (QED) is 0.784. The fraction of sp³-hybridized carbons (Fsp3) is 0.500. The van der Waals surface area contributed by atoms with Crippen LogP contribution in [0.2, 0.25) is 0 Å². The lowest BCUT2D eigenvalue weighted by Gasteiger charge is -2.14. The highest BCUT2D eigenvalue weighted by Gasteiger charge is 2.39. The number of aromatic nitrogens is 4. The van der Waals surface area contributed by atoms with Crippen molar-refractivity contribution < 1.29 is 23.1 Å².